The molecular weight excluding hydrogens is 870 g/mol. The van der Waals surface area contributed by atoms with Gasteiger partial charge in [0.25, 0.3) is 0 Å². The standard InChI is InChI=1S/C22H16F3N5.C22H21N7.C2H4O.2C2H6.CH4O/c23-22(24,25)21-16(5-3-9-28-21)20-19(26-10-11-27-20)15-12-30(13-15)18-8-7-14-4-1-2-6-17(14)29-18;1-28(2)22-25-11-16(12-26-22)20-21(24-10-9-23-20)17-13-29(14-17)19-8-7-15-5-3-4-6-18(15)27-19;1-2-3;3*1-2/h1-11,15H,12-13H2;3-12,17H,13-14H2,1-2H3;2-3H,1H2;2*1-2H3;2H,1H3. The molecule has 0 atom stereocenters. The van der Waals surface area contributed by atoms with Gasteiger partial charge >= 0.3 is 6.18 Å². The van der Waals surface area contributed by atoms with Crippen molar-refractivity contribution in [1.29, 1.82) is 0 Å². The molecule has 0 radical (unpaired) electrons. The molecule has 0 amide bonds. The van der Waals surface area contributed by atoms with Crippen molar-refractivity contribution in [2.45, 2.75) is 45.7 Å². The van der Waals surface area contributed by atoms with E-state index in [1.165, 1.54) is 24.5 Å². The molecule has 2 aromatic carbocycles. The second-order valence-electron chi connectivity index (χ2n) is 14.8. The van der Waals surface area contributed by atoms with Gasteiger partial charge in [-0.3, -0.25) is 24.9 Å². The summed E-state index contributed by atoms with van der Waals surface area (Å²) < 4.78 is 40.3. The summed E-state index contributed by atoms with van der Waals surface area (Å²) in [5.41, 5.74) is 4.45. The van der Waals surface area contributed by atoms with Crippen LogP contribution in [0.2, 0.25) is 0 Å². The summed E-state index contributed by atoms with van der Waals surface area (Å²) in [6, 6.07) is 27.1. The summed E-state index contributed by atoms with van der Waals surface area (Å²) in [5, 5.41) is 16.6. The third-order valence-corrected chi connectivity index (χ3v) is 10.4. The van der Waals surface area contributed by atoms with Crippen LogP contribution >= 0.6 is 0 Å². The maximum atomic E-state index is 13.4. The molecule has 0 aliphatic carbocycles. The van der Waals surface area contributed by atoms with Gasteiger partial charge in [0.15, 0.2) is 5.69 Å². The quantitative estimate of drug-likeness (QED) is 0.145. The number of aliphatic hydroxyl groups is 2. The molecule has 8 aromatic rings. The normalized spacial score (nSPS) is 12.9. The predicted molar refractivity (Wildman–Crippen MR) is 265 cm³/mol. The highest BCUT2D eigenvalue weighted by atomic mass is 19.4. The largest absolute Gasteiger partial charge is 0.516 e. The summed E-state index contributed by atoms with van der Waals surface area (Å²) in [5.74, 6) is 2.79. The molecule has 0 bridgehead atoms. The van der Waals surface area contributed by atoms with Gasteiger partial charge in [-0.25, -0.2) is 19.9 Å². The Bertz CT molecular complexity index is 2820. The number of halogens is 3. The van der Waals surface area contributed by atoms with Crippen LogP contribution in [0.1, 0.15) is 56.6 Å². The smallest absolute Gasteiger partial charge is 0.434 e. The second-order valence-corrected chi connectivity index (χ2v) is 14.8. The molecule has 6 aromatic heterocycles. The number of aliphatic hydroxyl groups excluding tert-OH is 2. The van der Waals surface area contributed by atoms with Gasteiger partial charge in [-0.15, -0.1) is 0 Å². The number of aromatic nitrogens is 9. The van der Waals surface area contributed by atoms with E-state index in [0.717, 1.165) is 83.1 Å². The van der Waals surface area contributed by atoms with Crippen LogP contribution < -0.4 is 14.7 Å². The Labute approximate surface area is 395 Å². The first-order valence-corrected chi connectivity index (χ1v) is 22.2. The fourth-order valence-electron chi connectivity index (χ4n) is 7.36. The third kappa shape index (κ3) is 12.2. The number of hydrogen-bond acceptors (Lipinski definition) is 14. The van der Waals surface area contributed by atoms with Gasteiger partial charge in [0, 0.05) is 124 Å². The zero-order valence-electron chi connectivity index (χ0n) is 39.3. The average Bonchev–Trinajstić information content (AvgIpc) is 3.35. The van der Waals surface area contributed by atoms with Crippen LogP contribution in [0.4, 0.5) is 30.8 Å². The van der Waals surface area contributed by atoms with E-state index in [-0.39, 0.29) is 17.2 Å². The highest BCUT2D eigenvalue weighted by molar-refractivity contribution is 5.81. The zero-order chi connectivity index (χ0) is 49.2. The first-order chi connectivity index (χ1) is 33.1. The van der Waals surface area contributed by atoms with Gasteiger partial charge in [0.2, 0.25) is 5.95 Å². The Kier molecular flexibility index (Phi) is 18.7. The Morgan fingerprint density at radius 1 is 0.588 bits per heavy atom. The molecule has 354 valence electrons. The Morgan fingerprint density at radius 3 is 1.50 bits per heavy atom. The first-order valence-electron chi connectivity index (χ1n) is 22.2. The van der Waals surface area contributed by atoms with Gasteiger partial charge in [-0.1, -0.05) is 70.7 Å². The predicted octanol–water partition coefficient (Wildman–Crippen LogP) is 10.2. The molecule has 0 unspecified atom stereocenters. The number of fused-ring (bicyclic) bond motifs is 2. The van der Waals surface area contributed by atoms with E-state index in [1.54, 1.807) is 12.4 Å². The van der Waals surface area contributed by atoms with Crippen molar-refractivity contribution in [3.63, 3.8) is 0 Å². The fourth-order valence-corrected chi connectivity index (χ4v) is 7.36. The van der Waals surface area contributed by atoms with Crippen molar-refractivity contribution >= 4 is 39.4 Å². The third-order valence-electron chi connectivity index (χ3n) is 10.4. The minimum atomic E-state index is -4.56. The summed E-state index contributed by atoms with van der Waals surface area (Å²) >= 11 is 0. The molecule has 14 nitrogen and oxygen atoms in total. The van der Waals surface area contributed by atoms with Crippen molar-refractivity contribution in [1.82, 2.24) is 44.9 Å². The van der Waals surface area contributed by atoms with Crippen LogP contribution in [-0.2, 0) is 6.18 Å². The van der Waals surface area contributed by atoms with E-state index in [0.29, 0.717) is 30.6 Å². The maximum absolute atomic E-state index is 13.4. The molecule has 2 aliphatic rings. The highest BCUT2D eigenvalue weighted by Crippen LogP contribution is 2.40. The van der Waals surface area contributed by atoms with Crippen LogP contribution in [0.25, 0.3) is 44.3 Å². The van der Waals surface area contributed by atoms with Gasteiger partial charge in [0.1, 0.15) is 11.6 Å². The van der Waals surface area contributed by atoms with Crippen LogP contribution in [0.15, 0.2) is 141 Å². The number of pyridine rings is 3. The number of benzene rings is 2. The van der Waals surface area contributed by atoms with Crippen LogP contribution in [0.5, 0.6) is 0 Å². The molecule has 0 spiro atoms. The summed E-state index contributed by atoms with van der Waals surface area (Å²) in [6.45, 7) is 13.9. The van der Waals surface area contributed by atoms with E-state index in [1.807, 2.05) is 114 Å². The van der Waals surface area contributed by atoms with Gasteiger partial charge in [0.05, 0.1) is 40.1 Å². The lowest BCUT2D eigenvalue weighted by molar-refractivity contribution is -0.140. The highest BCUT2D eigenvalue weighted by Gasteiger charge is 2.39. The number of alkyl halides is 3. The SMILES string of the molecule is C=CO.CC.CC.CN(C)c1ncc(-c2nccnc2C2CN(c3ccc4ccccc4n3)C2)cn1.CO.FC(F)(F)c1ncccc1-c1nccnc1C1CN(c2ccc3ccccc3n2)C1. The lowest BCUT2D eigenvalue weighted by Crippen LogP contribution is -2.46. The number of rotatable bonds is 7. The first kappa shape index (κ1) is 51.3. The molecule has 68 heavy (non-hydrogen) atoms. The van der Waals surface area contributed by atoms with Crippen LogP contribution in [0.3, 0.4) is 0 Å². The van der Waals surface area contributed by atoms with E-state index in [4.69, 9.17) is 15.2 Å². The van der Waals surface area contributed by atoms with Crippen molar-refractivity contribution < 1.29 is 23.4 Å². The Hall–Kier alpha value is -7.66. The van der Waals surface area contributed by atoms with Gasteiger partial charge in [-0.2, -0.15) is 13.2 Å². The molecule has 2 fully saturated rings. The maximum Gasteiger partial charge on any atom is 0.434 e. The number of nitrogens with zero attached hydrogens (tertiary/aromatic N) is 12. The zero-order valence-corrected chi connectivity index (χ0v) is 39.3. The Balaban J connectivity index is 0.000000218. The fraction of sp³-hybridized carbons (Fsp3) is 0.275. The van der Waals surface area contributed by atoms with Gasteiger partial charge < -0.3 is 24.9 Å². The Morgan fingerprint density at radius 2 is 1.03 bits per heavy atom. The molecule has 10 rings (SSSR count). The van der Waals surface area contributed by atoms with E-state index in [2.05, 4.69) is 74.4 Å². The van der Waals surface area contributed by atoms with Crippen molar-refractivity contribution in [3.8, 4) is 22.5 Å². The molecule has 2 saturated heterocycles. The monoisotopic (exact) mass is 926 g/mol. The molecular formula is C51H57F3N12O2. The molecule has 2 N–H and O–H groups in total. The molecule has 8 heterocycles. The van der Waals surface area contributed by atoms with Gasteiger partial charge in [-0.05, 0) is 48.5 Å². The van der Waals surface area contributed by atoms with Crippen molar-refractivity contribution in [3.05, 3.63) is 158 Å². The number of para-hydroxylation sites is 2. The van der Waals surface area contributed by atoms with Crippen molar-refractivity contribution in [2.24, 2.45) is 0 Å². The molecule has 2 aliphatic heterocycles. The minimum absolute atomic E-state index is 0.0386. The lowest BCUT2D eigenvalue weighted by Gasteiger charge is -2.40. The van der Waals surface area contributed by atoms with E-state index >= 15 is 0 Å². The topological polar surface area (TPSA) is 166 Å². The van der Waals surface area contributed by atoms with Crippen molar-refractivity contribution in [2.75, 3.05) is 62.1 Å². The lowest BCUT2D eigenvalue weighted by atomic mass is 9.92. The molecule has 0 saturated carbocycles. The van der Waals surface area contributed by atoms with E-state index in [9.17, 15) is 13.2 Å². The van der Waals surface area contributed by atoms with E-state index < -0.39 is 11.9 Å². The summed E-state index contributed by atoms with van der Waals surface area (Å²) in [6.07, 6.45) is 7.36. The summed E-state index contributed by atoms with van der Waals surface area (Å²) in [7, 11) is 4.85. The number of anilines is 3. The summed E-state index contributed by atoms with van der Waals surface area (Å²) in [4.78, 5) is 45.9. The number of hydrogen-bond donors (Lipinski definition) is 2. The average molecular weight is 927 g/mol. The van der Waals surface area contributed by atoms with Crippen LogP contribution in [0, 0.1) is 0 Å². The molecule has 17 heteroatoms. The minimum Gasteiger partial charge on any atom is -0.516 e. The van der Waals surface area contributed by atoms with Crippen LogP contribution in [-0.4, -0.2) is 102 Å². The second kappa shape index (κ2) is 24.7.